The highest BCUT2D eigenvalue weighted by Gasteiger charge is 2.29. The van der Waals surface area contributed by atoms with E-state index < -0.39 is 11.6 Å². The van der Waals surface area contributed by atoms with Crippen LogP contribution in [0.4, 0.5) is 14.5 Å². The van der Waals surface area contributed by atoms with Gasteiger partial charge in [0.25, 0.3) is 5.91 Å². The number of hydrogen-bond donors (Lipinski definition) is 2. The number of hydrogen-bond acceptors (Lipinski definition) is 5. The number of likely N-dealkylation sites (tertiary alicyclic amines) is 1. The number of nitrogens with zero attached hydrogens (tertiary/aromatic N) is 3. The molecule has 3 aromatic rings. The summed E-state index contributed by atoms with van der Waals surface area (Å²) >= 11 is 0.991. The molecule has 0 bridgehead atoms. The lowest BCUT2D eigenvalue weighted by molar-refractivity contribution is 0.0710. The zero-order chi connectivity index (χ0) is 19.0. The highest BCUT2D eigenvalue weighted by atomic mass is 32.1. The highest BCUT2D eigenvalue weighted by Crippen LogP contribution is 2.33. The maximum atomic E-state index is 14.0. The Bertz CT molecular complexity index is 966. The largest absolute Gasteiger partial charge is 0.396 e. The van der Waals surface area contributed by atoms with Gasteiger partial charge in [-0.05, 0) is 25.0 Å². The fourth-order valence-corrected chi connectivity index (χ4v) is 4.31. The Balaban J connectivity index is 1.55. The summed E-state index contributed by atoms with van der Waals surface area (Å²) < 4.78 is 27.9. The summed E-state index contributed by atoms with van der Waals surface area (Å²) in [7, 11) is 0. The number of halogens is 2. The van der Waals surface area contributed by atoms with Gasteiger partial charge in [-0.25, -0.2) is 13.8 Å². The summed E-state index contributed by atoms with van der Waals surface area (Å²) in [5.41, 5.74) is 7.14. The van der Waals surface area contributed by atoms with Gasteiger partial charge in [0, 0.05) is 19.0 Å². The summed E-state index contributed by atoms with van der Waals surface area (Å²) in [5, 5.41) is 7.01. The van der Waals surface area contributed by atoms with Crippen LogP contribution in [0, 0.1) is 11.6 Å². The number of amides is 1. The molecule has 1 amide bonds. The van der Waals surface area contributed by atoms with Gasteiger partial charge in [-0.2, -0.15) is 5.10 Å². The molecule has 0 saturated carbocycles. The molecule has 1 saturated heterocycles. The summed E-state index contributed by atoms with van der Waals surface area (Å²) in [5.74, 6) is -1.51. The van der Waals surface area contributed by atoms with Crippen LogP contribution >= 0.6 is 11.3 Å². The molecule has 3 heterocycles. The highest BCUT2D eigenvalue weighted by molar-refractivity contribution is 7.16. The normalized spacial score (nSPS) is 17.3. The fraction of sp³-hybridized carbons (Fsp3) is 0.278. The molecular formula is C18H17F2N5OS. The fourth-order valence-electron chi connectivity index (χ4n) is 3.38. The molecule has 1 aliphatic heterocycles. The first-order chi connectivity index (χ1) is 13.0. The van der Waals surface area contributed by atoms with Gasteiger partial charge >= 0.3 is 0 Å². The lowest BCUT2D eigenvalue weighted by Crippen LogP contribution is -2.39. The topological polar surface area (TPSA) is 87.9 Å². The number of carbonyl (C=O) groups excluding carboxylic acids is 1. The molecule has 6 nitrogen and oxygen atoms in total. The molecular weight excluding hydrogens is 372 g/mol. The van der Waals surface area contributed by atoms with E-state index in [9.17, 15) is 13.6 Å². The third-order valence-corrected chi connectivity index (χ3v) is 5.71. The van der Waals surface area contributed by atoms with Crippen LogP contribution in [-0.4, -0.2) is 39.1 Å². The number of benzene rings is 1. The van der Waals surface area contributed by atoms with Crippen LogP contribution in [0.3, 0.4) is 0 Å². The summed E-state index contributed by atoms with van der Waals surface area (Å²) in [6.07, 6.45) is 4.68. The van der Waals surface area contributed by atoms with E-state index >= 15 is 0 Å². The van der Waals surface area contributed by atoms with Crippen molar-refractivity contribution in [2.24, 2.45) is 0 Å². The smallest absolute Gasteiger partial charge is 0.265 e. The number of thiazole rings is 1. The Hall–Kier alpha value is -2.81. The standard InChI is InChI=1S/C18H17F2N5OS/c19-11-4-1-5-12(20)15(11)17-22-8-14(27-17)18(26)25-6-2-3-10(9-25)16-13(21)7-23-24-16/h1,4-5,7-8,10H,2-3,6,9,21H2,(H,23,24). The molecule has 0 radical (unpaired) electrons. The van der Waals surface area contributed by atoms with Gasteiger partial charge in [0.05, 0.1) is 29.3 Å². The molecule has 4 rings (SSSR count). The summed E-state index contributed by atoms with van der Waals surface area (Å²) in [4.78, 5) is 19.0. The Morgan fingerprint density at radius 1 is 1.30 bits per heavy atom. The number of rotatable bonds is 3. The van der Waals surface area contributed by atoms with Gasteiger partial charge in [-0.1, -0.05) is 6.07 Å². The van der Waals surface area contributed by atoms with Gasteiger partial charge in [-0.3, -0.25) is 9.89 Å². The number of piperidine rings is 1. The van der Waals surface area contributed by atoms with Crippen molar-refractivity contribution in [1.82, 2.24) is 20.1 Å². The lowest BCUT2D eigenvalue weighted by Gasteiger charge is -2.32. The molecule has 1 fully saturated rings. The predicted octanol–water partition coefficient (Wildman–Crippen LogP) is 3.41. The summed E-state index contributed by atoms with van der Waals surface area (Å²) in [6, 6.07) is 3.64. The molecule has 9 heteroatoms. The van der Waals surface area contributed by atoms with E-state index in [4.69, 9.17) is 5.73 Å². The van der Waals surface area contributed by atoms with Gasteiger partial charge in [0.1, 0.15) is 21.5 Å². The molecule has 1 aromatic carbocycles. The van der Waals surface area contributed by atoms with Crippen LogP contribution in [-0.2, 0) is 0 Å². The third kappa shape index (κ3) is 3.30. The van der Waals surface area contributed by atoms with Crippen molar-refractivity contribution in [3.63, 3.8) is 0 Å². The minimum atomic E-state index is -0.698. The first-order valence-corrected chi connectivity index (χ1v) is 9.34. The molecule has 2 aromatic heterocycles. The molecule has 0 spiro atoms. The monoisotopic (exact) mass is 389 g/mol. The number of H-pyrrole nitrogens is 1. The van der Waals surface area contributed by atoms with E-state index in [1.807, 2.05) is 0 Å². The molecule has 0 aliphatic carbocycles. The second-order valence-corrected chi connectivity index (χ2v) is 7.49. The lowest BCUT2D eigenvalue weighted by atomic mass is 9.94. The Morgan fingerprint density at radius 3 is 2.78 bits per heavy atom. The summed E-state index contributed by atoms with van der Waals surface area (Å²) in [6.45, 7) is 1.12. The van der Waals surface area contributed by atoms with Crippen LogP contribution in [0.1, 0.15) is 34.1 Å². The van der Waals surface area contributed by atoms with Crippen molar-refractivity contribution in [2.75, 3.05) is 18.8 Å². The number of nitrogen functional groups attached to an aromatic ring is 1. The number of anilines is 1. The van der Waals surface area contributed by atoms with Crippen molar-refractivity contribution in [3.8, 4) is 10.6 Å². The van der Waals surface area contributed by atoms with Crippen LogP contribution in [0.5, 0.6) is 0 Å². The third-order valence-electron chi connectivity index (χ3n) is 4.71. The predicted molar refractivity (Wildman–Crippen MR) is 98.3 cm³/mol. The number of nitrogens with two attached hydrogens (primary N) is 1. The number of aromatic nitrogens is 3. The van der Waals surface area contributed by atoms with Crippen molar-refractivity contribution in [1.29, 1.82) is 0 Å². The number of aromatic amines is 1. The molecule has 3 N–H and O–H groups in total. The van der Waals surface area contributed by atoms with Crippen LogP contribution in [0.15, 0.2) is 30.6 Å². The van der Waals surface area contributed by atoms with E-state index in [2.05, 4.69) is 15.2 Å². The van der Waals surface area contributed by atoms with Crippen molar-refractivity contribution in [3.05, 3.63) is 52.8 Å². The van der Waals surface area contributed by atoms with E-state index in [1.165, 1.54) is 24.4 Å². The second kappa shape index (κ2) is 7.07. The minimum Gasteiger partial charge on any atom is -0.396 e. The average Bonchev–Trinajstić information content (AvgIpc) is 3.30. The zero-order valence-electron chi connectivity index (χ0n) is 14.3. The average molecular weight is 389 g/mol. The SMILES string of the molecule is Nc1cn[nH]c1C1CCCN(C(=O)c2cnc(-c3c(F)cccc3F)s2)C1. The van der Waals surface area contributed by atoms with Gasteiger partial charge in [-0.15, -0.1) is 11.3 Å². The zero-order valence-corrected chi connectivity index (χ0v) is 15.1. The first kappa shape index (κ1) is 17.6. The second-order valence-electron chi connectivity index (χ2n) is 6.46. The Labute approximate surface area is 158 Å². The van der Waals surface area contributed by atoms with E-state index in [-0.39, 0.29) is 22.4 Å². The van der Waals surface area contributed by atoms with Crippen LogP contribution in [0.2, 0.25) is 0 Å². The van der Waals surface area contributed by atoms with Gasteiger partial charge in [0.2, 0.25) is 0 Å². The molecule has 1 unspecified atom stereocenters. The van der Waals surface area contributed by atoms with Crippen LogP contribution in [0.25, 0.3) is 10.6 Å². The van der Waals surface area contributed by atoms with Crippen molar-refractivity contribution < 1.29 is 13.6 Å². The van der Waals surface area contributed by atoms with E-state index in [1.54, 1.807) is 11.1 Å². The van der Waals surface area contributed by atoms with Crippen LogP contribution < -0.4 is 5.73 Å². The Kier molecular flexibility index (Phi) is 4.61. The minimum absolute atomic E-state index is 0.0848. The van der Waals surface area contributed by atoms with Crippen molar-refractivity contribution >= 4 is 22.9 Å². The number of nitrogens with one attached hydrogen (secondary N) is 1. The molecule has 1 aliphatic rings. The van der Waals surface area contributed by atoms with E-state index in [0.717, 1.165) is 29.9 Å². The molecule has 1 atom stereocenters. The molecule has 140 valence electrons. The molecule has 27 heavy (non-hydrogen) atoms. The quantitative estimate of drug-likeness (QED) is 0.719. The van der Waals surface area contributed by atoms with Crippen molar-refractivity contribution in [2.45, 2.75) is 18.8 Å². The van der Waals surface area contributed by atoms with Gasteiger partial charge < -0.3 is 10.6 Å². The maximum absolute atomic E-state index is 14.0. The number of carbonyl (C=O) groups is 1. The maximum Gasteiger partial charge on any atom is 0.265 e. The Morgan fingerprint density at radius 2 is 2.07 bits per heavy atom. The first-order valence-electron chi connectivity index (χ1n) is 8.53. The van der Waals surface area contributed by atoms with E-state index in [0.29, 0.717) is 23.7 Å². The van der Waals surface area contributed by atoms with Gasteiger partial charge in [0.15, 0.2) is 0 Å².